The van der Waals surface area contributed by atoms with Crippen molar-refractivity contribution >= 4 is 52.2 Å². The molecule has 6 nitrogen and oxygen atoms in total. The number of hydrogen-bond acceptors (Lipinski definition) is 4. The zero-order chi connectivity index (χ0) is 21.8. The third kappa shape index (κ3) is 5.11. The van der Waals surface area contributed by atoms with Gasteiger partial charge in [0.15, 0.2) is 6.19 Å². The van der Waals surface area contributed by atoms with E-state index in [0.29, 0.717) is 16.6 Å². The monoisotopic (exact) mass is 471 g/mol. The van der Waals surface area contributed by atoms with Crippen LogP contribution in [-0.2, 0) is 0 Å². The molecule has 11 heteroatoms. The van der Waals surface area contributed by atoms with Crippen molar-refractivity contribution in [2.75, 3.05) is 6.54 Å². The molecule has 0 fully saturated rings. The Bertz CT molecular complexity index is 1050. The Morgan fingerprint density at radius 2 is 1.97 bits per heavy atom. The standard InChI is InChI=1S/C19H14Cl3F2N5O/c1-10-8-29(28-17(10)11-2-4-13(20)15(22)6-11)19(26-9-25)27-12-3-5-14(21)16(7-12)30-18(23)24/h2-7,10,18H,8H2,1H3,(H,26,27). The Morgan fingerprint density at radius 1 is 1.23 bits per heavy atom. The summed E-state index contributed by atoms with van der Waals surface area (Å²) in [4.78, 5) is 4.30. The van der Waals surface area contributed by atoms with Gasteiger partial charge in [-0.2, -0.15) is 19.1 Å². The van der Waals surface area contributed by atoms with E-state index in [1.54, 1.807) is 24.4 Å². The van der Waals surface area contributed by atoms with Crippen LogP contribution >= 0.6 is 34.8 Å². The van der Waals surface area contributed by atoms with Crippen LogP contribution in [0.4, 0.5) is 14.5 Å². The van der Waals surface area contributed by atoms with Gasteiger partial charge in [0, 0.05) is 12.0 Å². The summed E-state index contributed by atoms with van der Waals surface area (Å²) in [5.74, 6) is -0.111. The number of hydrazone groups is 1. The van der Waals surface area contributed by atoms with Gasteiger partial charge >= 0.3 is 6.61 Å². The van der Waals surface area contributed by atoms with Crippen LogP contribution in [0.2, 0.25) is 15.1 Å². The summed E-state index contributed by atoms with van der Waals surface area (Å²) in [6.07, 6.45) is 1.80. The molecule has 0 saturated carbocycles. The first kappa shape index (κ1) is 22.1. The summed E-state index contributed by atoms with van der Waals surface area (Å²) in [5, 5.41) is 18.5. The van der Waals surface area contributed by atoms with Crippen LogP contribution in [0.25, 0.3) is 0 Å². The lowest BCUT2D eigenvalue weighted by Crippen LogP contribution is -2.35. The Labute approximate surface area is 186 Å². The number of nitriles is 1. The second-order valence-corrected chi connectivity index (χ2v) is 7.48. The fraction of sp³-hybridized carbons (Fsp3) is 0.211. The van der Waals surface area contributed by atoms with Crippen molar-refractivity contribution in [1.29, 1.82) is 5.26 Å². The highest BCUT2D eigenvalue weighted by molar-refractivity contribution is 6.42. The van der Waals surface area contributed by atoms with Crippen LogP contribution in [0.3, 0.4) is 0 Å². The van der Waals surface area contributed by atoms with Crippen molar-refractivity contribution < 1.29 is 13.5 Å². The number of halogens is 5. The molecule has 156 valence electrons. The maximum absolute atomic E-state index is 12.5. The lowest BCUT2D eigenvalue weighted by atomic mass is 9.99. The number of aliphatic imine (C=N–C) groups is 1. The molecule has 3 rings (SSSR count). The first-order valence-corrected chi connectivity index (χ1v) is 9.71. The SMILES string of the molecule is CC1CN(C(=Nc2ccc(Cl)c(OC(F)F)c2)NC#N)N=C1c1ccc(Cl)c(Cl)c1. The van der Waals surface area contributed by atoms with Crippen molar-refractivity contribution in [2.45, 2.75) is 13.5 Å². The number of guanidine groups is 1. The number of alkyl halides is 2. The molecule has 2 aromatic rings. The van der Waals surface area contributed by atoms with E-state index in [-0.39, 0.29) is 28.3 Å². The normalized spacial score (nSPS) is 16.5. The van der Waals surface area contributed by atoms with Gasteiger partial charge < -0.3 is 4.74 Å². The Kier molecular flexibility index (Phi) is 6.98. The van der Waals surface area contributed by atoms with E-state index in [4.69, 9.17) is 40.1 Å². The van der Waals surface area contributed by atoms with Gasteiger partial charge in [-0.05, 0) is 29.8 Å². The van der Waals surface area contributed by atoms with Crippen LogP contribution in [0, 0.1) is 17.4 Å². The first-order valence-electron chi connectivity index (χ1n) is 8.58. The van der Waals surface area contributed by atoms with Gasteiger partial charge in [0.25, 0.3) is 0 Å². The Balaban J connectivity index is 1.94. The van der Waals surface area contributed by atoms with Gasteiger partial charge in [0.1, 0.15) is 5.75 Å². The molecule has 1 aliphatic rings. The third-order valence-electron chi connectivity index (χ3n) is 4.14. The highest BCUT2D eigenvalue weighted by atomic mass is 35.5. The molecule has 1 heterocycles. The van der Waals surface area contributed by atoms with Crippen LogP contribution in [-0.4, -0.2) is 29.8 Å². The van der Waals surface area contributed by atoms with Crippen molar-refractivity contribution in [1.82, 2.24) is 10.3 Å². The molecule has 0 radical (unpaired) electrons. The molecule has 1 unspecified atom stereocenters. The van der Waals surface area contributed by atoms with E-state index < -0.39 is 6.61 Å². The first-order chi connectivity index (χ1) is 14.3. The highest BCUT2D eigenvalue weighted by Gasteiger charge is 2.27. The summed E-state index contributed by atoms with van der Waals surface area (Å²) < 4.78 is 29.5. The van der Waals surface area contributed by atoms with Crippen molar-refractivity contribution in [3.05, 3.63) is 57.0 Å². The maximum atomic E-state index is 12.5. The van der Waals surface area contributed by atoms with E-state index in [0.717, 1.165) is 11.3 Å². The fourth-order valence-electron chi connectivity index (χ4n) is 2.82. The Morgan fingerprint density at radius 3 is 2.63 bits per heavy atom. The number of nitrogens with one attached hydrogen (secondary N) is 1. The zero-order valence-electron chi connectivity index (χ0n) is 15.4. The molecular weight excluding hydrogens is 459 g/mol. The van der Waals surface area contributed by atoms with E-state index in [9.17, 15) is 8.78 Å². The largest absolute Gasteiger partial charge is 0.433 e. The van der Waals surface area contributed by atoms with Gasteiger partial charge in [-0.1, -0.05) is 47.8 Å². The highest BCUT2D eigenvalue weighted by Crippen LogP contribution is 2.31. The topological polar surface area (TPSA) is 73.0 Å². The molecule has 1 aliphatic heterocycles. The molecular formula is C19H14Cl3F2N5O. The van der Waals surface area contributed by atoms with E-state index in [1.807, 2.05) is 6.92 Å². The summed E-state index contributed by atoms with van der Waals surface area (Å²) in [6, 6.07) is 9.32. The van der Waals surface area contributed by atoms with Crippen LogP contribution < -0.4 is 10.1 Å². The quantitative estimate of drug-likeness (QED) is 0.270. The molecule has 0 aliphatic carbocycles. The number of benzene rings is 2. The van der Waals surface area contributed by atoms with Crippen LogP contribution in [0.15, 0.2) is 46.5 Å². The number of nitrogens with zero attached hydrogens (tertiary/aromatic N) is 4. The second kappa shape index (κ2) is 9.47. The number of rotatable bonds is 4. The molecule has 2 aromatic carbocycles. The average Bonchev–Trinajstić information content (AvgIpc) is 3.07. The maximum Gasteiger partial charge on any atom is 0.387 e. The second-order valence-electron chi connectivity index (χ2n) is 6.26. The molecule has 1 N–H and O–H groups in total. The molecule has 0 amide bonds. The average molecular weight is 473 g/mol. The van der Waals surface area contributed by atoms with E-state index in [2.05, 4.69) is 20.1 Å². The van der Waals surface area contributed by atoms with Gasteiger partial charge in [-0.3, -0.25) is 5.32 Å². The number of ether oxygens (including phenoxy) is 1. The Hall–Kier alpha value is -2.60. The van der Waals surface area contributed by atoms with Crippen molar-refractivity contribution in [3.8, 4) is 11.9 Å². The van der Waals surface area contributed by atoms with Crippen LogP contribution in [0.5, 0.6) is 5.75 Å². The van der Waals surface area contributed by atoms with E-state index >= 15 is 0 Å². The van der Waals surface area contributed by atoms with Gasteiger partial charge in [-0.15, -0.1) is 0 Å². The molecule has 0 spiro atoms. The zero-order valence-corrected chi connectivity index (χ0v) is 17.7. The molecule has 0 bridgehead atoms. The molecule has 0 aromatic heterocycles. The van der Waals surface area contributed by atoms with Crippen LogP contribution in [0.1, 0.15) is 12.5 Å². The minimum atomic E-state index is -3.03. The summed E-state index contributed by atoms with van der Waals surface area (Å²) in [7, 11) is 0. The van der Waals surface area contributed by atoms with Crippen molar-refractivity contribution in [2.24, 2.45) is 16.0 Å². The predicted molar refractivity (Wildman–Crippen MR) is 113 cm³/mol. The minimum Gasteiger partial charge on any atom is -0.433 e. The smallest absolute Gasteiger partial charge is 0.387 e. The lowest BCUT2D eigenvalue weighted by molar-refractivity contribution is -0.0497. The van der Waals surface area contributed by atoms with Gasteiger partial charge in [0.05, 0.1) is 33.0 Å². The lowest BCUT2D eigenvalue weighted by Gasteiger charge is -2.15. The molecule has 0 saturated heterocycles. The summed E-state index contributed by atoms with van der Waals surface area (Å²) in [6.45, 7) is -0.643. The van der Waals surface area contributed by atoms with Crippen molar-refractivity contribution in [3.63, 3.8) is 0 Å². The third-order valence-corrected chi connectivity index (χ3v) is 5.19. The van der Waals surface area contributed by atoms with Gasteiger partial charge in [-0.25, -0.2) is 10.0 Å². The summed E-state index contributed by atoms with van der Waals surface area (Å²) >= 11 is 17.9. The number of hydrogen-bond donors (Lipinski definition) is 1. The fourth-order valence-corrected chi connectivity index (χ4v) is 3.28. The van der Waals surface area contributed by atoms with E-state index in [1.165, 1.54) is 23.2 Å². The summed E-state index contributed by atoms with van der Waals surface area (Å²) in [5.41, 5.74) is 1.77. The molecule has 30 heavy (non-hydrogen) atoms. The molecule has 1 atom stereocenters. The van der Waals surface area contributed by atoms with Gasteiger partial charge in [0.2, 0.25) is 5.96 Å². The predicted octanol–water partition coefficient (Wildman–Crippen LogP) is 5.66. The minimum absolute atomic E-state index is 0.00381.